The smallest absolute Gasteiger partial charge is 0.206 e. The fourth-order valence-corrected chi connectivity index (χ4v) is 9.67. The van der Waals surface area contributed by atoms with E-state index in [4.69, 9.17) is 8.83 Å². The van der Waals surface area contributed by atoms with E-state index in [2.05, 4.69) is 60.2 Å². The quantitative estimate of drug-likeness (QED) is 0.135. The number of hydrogen-bond acceptors (Lipinski definition) is 5. The first-order valence-electron chi connectivity index (χ1n) is 17.1. The molecule has 12 aromatic rings. The summed E-state index contributed by atoms with van der Waals surface area (Å²) >= 11 is 0. The number of sulfone groups is 1. The Morgan fingerprint density at radius 2 is 0.925 bits per heavy atom. The number of benzene rings is 7. The molecule has 0 saturated heterocycles. The van der Waals surface area contributed by atoms with Crippen LogP contribution in [0.2, 0.25) is 0 Å². The molecule has 5 heterocycles. The summed E-state index contributed by atoms with van der Waals surface area (Å²) in [7, 11) is -3.83. The molecule has 0 aliphatic carbocycles. The molecule has 10 heteroatoms. The lowest BCUT2D eigenvalue weighted by atomic mass is 10.1. The van der Waals surface area contributed by atoms with Crippen molar-refractivity contribution >= 4 is 92.9 Å². The van der Waals surface area contributed by atoms with Gasteiger partial charge in [0.15, 0.2) is 22.3 Å². The van der Waals surface area contributed by atoms with Gasteiger partial charge in [-0.05, 0) is 109 Å². The van der Waals surface area contributed by atoms with E-state index in [1.165, 1.54) is 24.3 Å². The summed E-state index contributed by atoms with van der Waals surface area (Å²) in [4.78, 5) is 0.292. The van der Waals surface area contributed by atoms with Crippen LogP contribution in [0.25, 0.3) is 88.7 Å². The molecule has 0 spiro atoms. The molecule has 53 heavy (non-hydrogen) atoms. The van der Waals surface area contributed by atoms with Crippen LogP contribution in [0, 0.1) is 11.3 Å². The Kier molecular flexibility index (Phi) is 5.24. The first kappa shape index (κ1) is 28.5. The molecule has 0 N–H and O–H groups in total. The van der Waals surface area contributed by atoms with Crippen LogP contribution in [0.4, 0.5) is 0 Å². The van der Waals surface area contributed by atoms with Gasteiger partial charge in [0.1, 0.15) is 11.0 Å². The second-order valence-corrected chi connectivity index (χ2v) is 15.3. The van der Waals surface area contributed by atoms with Crippen LogP contribution in [-0.4, -0.2) is 26.2 Å². The summed E-state index contributed by atoms with van der Waals surface area (Å²) in [6.45, 7) is 0. The van der Waals surface area contributed by atoms with Crippen LogP contribution in [-0.2, 0) is 9.84 Å². The number of para-hydroxylation sites is 5. The highest BCUT2D eigenvalue weighted by atomic mass is 32.2. The number of fused-ring (bicyclic) bond motifs is 6. The average molecular weight is 706 g/mol. The first-order chi connectivity index (χ1) is 26.0. The van der Waals surface area contributed by atoms with E-state index < -0.39 is 9.84 Å². The van der Waals surface area contributed by atoms with E-state index in [9.17, 15) is 13.7 Å². The fourth-order valence-electron chi connectivity index (χ4n) is 8.41. The third kappa shape index (κ3) is 3.51. The van der Waals surface area contributed by atoms with Crippen LogP contribution < -0.4 is 0 Å². The maximum absolute atomic E-state index is 13.7. The molecule has 0 aliphatic rings. The van der Waals surface area contributed by atoms with Crippen molar-refractivity contribution in [3.05, 3.63) is 145 Å². The Hall–Kier alpha value is -7.22. The number of rotatable bonds is 3. The van der Waals surface area contributed by atoms with E-state index in [0.29, 0.717) is 5.56 Å². The molecule has 250 valence electrons. The van der Waals surface area contributed by atoms with Crippen molar-refractivity contribution in [2.75, 3.05) is 0 Å². The average Bonchev–Trinajstić information content (AvgIpc) is 3.21. The minimum atomic E-state index is -3.83. The zero-order valence-corrected chi connectivity index (χ0v) is 28.4. The van der Waals surface area contributed by atoms with Gasteiger partial charge in [0.05, 0.1) is 71.1 Å². The fraction of sp³-hybridized carbons (Fsp3) is 0. The van der Waals surface area contributed by atoms with Crippen molar-refractivity contribution < 1.29 is 17.3 Å². The SMILES string of the molecule is N#Cc1ccc(S(=O)(=O)c2ccc(-n3c4ccc5oc6ccccc6n6c7cccc8c7n(c4c56)c4c3ccc3oc5ccccc5n8c34)cc2)cc1. The second kappa shape index (κ2) is 9.76. The van der Waals surface area contributed by atoms with Gasteiger partial charge in [0.2, 0.25) is 9.84 Å². The van der Waals surface area contributed by atoms with E-state index in [1.807, 2.05) is 66.7 Å². The number of hydrogen-bond donors (Lipinski definition) is 0. The highest BCUT2D eigenvalue weighted by Crippen LogP contribution is 2.43. The van der Waals surface area contributed by atoms with Crippen LogP contribution in [0.5, 0.6) is 0 Å². The van der Waals surface area contributed by atoms with E-state index in [-0.39, 0.29) is 9.79 Å². The van der Waals surface area contributed by atoms with Crippen molar-refractivity contribution in [3.63, 3.8) is 0 Å². The Balaban J connectivity index is 1.28. The molecule has 0 aliphatic heterocycles. The number of nitriles is 1. The summed E-state index contributed by atoms with van der Waals surface area (Å²) < 4.78 is 49.8. The Labute approximate surface area is 298 Å². The molecule has 7 aromatic carbocycles. The van der Waals surface area contributed by atoms with Gasteiger partial charge in [-0.25, -0.2) is 8.42 Å². The van der Waals surface area contributed by atoms with Gasteiger partial charge in [0, 0.05) is 5.69 Å². The normalized spacial score (nSPS) is 12.7. The molecular weight excluding hydrogens is 683 g/mol. The lowest BCUT2D eigenvalue weighted by Gasteiger charge is -2.27. The van der Waals surface area contributed by atoms with Gasteiger partial charge in [-0.1, -0.05) is 30.3 Å². The summed E-state index contributed by atoms with van der Waals surface area (Å²) in [6.07, 6.45) is 0. The molecule has 12 rings (SSSR count). The Morgan fingerprint density at radius 1 is 0.434 bits per heavy atom. The minimum absolute atomic E-state index is 0.131. The molecule has 0 atom stereocenters. The van der Waals surface area contributed by atoms with E-state index >= 15 is 0 Å². The lowest BCUT2D eigenvalue weighted by Crippen LogP contribution is -2.14. The van der Waals surface area contributed by atoms with Gasteiger partial charge in [-0.3, -0.25) is 13.2 Å². The standard InChI is InChI=1S/C43H23N5O4S/c44-24-25-12-16-27(17-13-25)53(49,50)28-18-14-26(15-19-28)45-33-20-22-37-42-40(33)48-39-31(46(42)29-6-1-3-10-35(29)51-37)8-5-9-32(39)47-30-7-2-4-11-36(30)52-38-23-21-34(45)41(48)43(38)47/h1-23H. The van der Waals surface area contributed by atoms with Crippen molar-refractivity contribution in [2.45, 2.75) is 9.79 Å². The van der Waals surface area contributed by atoms with E-state index in [1.54, 1.807) is 12.1 Å². The molecule has 0 fully saturated rings. The van der Waals surface area contributed by atoms with Gasteiger partial charge >= 0.3 is 0 Å². The topological polar surface area (TPSA) is 102 Å². The van der Waals surface area contributed by atoms with Gasteiger partial charge in [-0.2, -0.15) is 5.26 Å². The molecular formula is C43H23N5O4S. The van der Waals surface area contributed by atoms with Crippen molar-refractivity contribution in [3.8, 4) is 11.8 Å². The highest BCUT2D eigenvalue weighted by Gasteiger charge is 2.27. The first-order valence-corrected chi connectivity index (χ1v) is 18.6. The van der Waals surface area contributed by atoms with E-state index in [0.717, 1.165) is 88.7 Å². The molecule has 0 saturated carbocycles. The second-order valence-electron chi connectivity index (χ2n) is 13.3. The zero-order chi connectivity index (χ0) is 35.2. The van der Waals surface area contributed by atoms with Crippen molar-refractivity contribution in [1.29, 1.82) is 5.26 Å². The summed E-state index contributed by atoms with van der Waals surface area (Å²) in [5.41, 5.74) is 14.8. The maximum atomic E-state index is 13.7. The minimum Gasteiger partial charge on any atom is -0.453 e. The number of aromatic nitrogens is 4. The van der Waals surface area contributed by atoms with Crippen LogP contribution in [0.1, 0.15) is 5.56 Å². The van der Waals surface area contributed by atoms with Gasteiger partial charge in [0.25, 0.3) is 0 Å². The molecule has 0 unspecified atom stereocenters. The highest BCUT2D eigenvalue weighted by molar-refractivity contribution is 7.91. The molecule has 0 amide bonds. The molecule has 0 radical (unpaired) electrons. The lowest BCUT2D eigenvalue weighted by molar-refractivity contribution is 0.596. The third-order valence-corrected chi connectivity index (χ3v) is 12.4. The third-order valence-electron chi connectivity index (χ3n) is 10.6. The van der Waals surface area contributed by atoms with Crippen LogP contribution in [0.3, 0.4) is 0 Å². The molecule has 9 nitrogen and oxygen atoms in total. The van der Waals surface area contributed by atoms with Crippen LogP contribution >= 0.6 is 0 Å². The summed E-state index contributed by atoms with van der Waals surface area (Å²) in [5.74, 6) is 0. The van der Waals surface area contributed by atoms with Gasteiger partial charge < -0.3 is 13.4 Å². The molecule has 0 bridgehead atoms. The largest absolute Gasteiger partial charge is 0.453 e. The molecule has 5 aromatic heterocycles. The van der Waals surface area contributed by atoms with Crippen molar-refractivity contribution in [2.24, 2.45) is 0 Å². The van der Waals surface area contributed by atoms with Crippen molar-refractivity contribution in [1.82, 2.24) is 17.8 Å². The zero-order valence-electron chi connectivity index (χ0n) is 27.6. The predicted octanol–water partition coefficient (Wildman–Crippen LogP) is 10.0. The Bertz CT molecular complexity index is 3520. The predicted molar refractivity (Wildman–Crippen MR) is 205 cm³/mol. The van der Waals surface area contributed by atoms with Gasteiger partial charge in [-0.15, -0.1) is 0 Å². The maximum Gasteiger partial charge on any atom is 0.206 e. The Morgan fingerprint density at radius 3 is 1.45 bits per heavy atom. The van der Waals surface area contributed by atoms with Crippen LogP contribution in [0.15, 0.2) is 158 Å². The summed E-state index contributed by atoms with van der Waals surface area (Å²) in [5, 5.41) is 9.22. The monoisotopic (exact) mass is 705 g/mol. The number of nitrogens with zero attached hydrogens (tertiary/aromatic N) is 5. The summed E-state index contributed by atoms with van der Waals surface area (Å²) in [6, 6.07) is 45.9.